The largest absolute Gasteiger partial charge is 0.453 e. The Balaban J connectivity index is 2.03. The number of amides is 1. The molecular formula is C12H22N2O2. The minimum Gasteiger partial charge on any atom is -0.453 e. The van der Waals surface area contributed by atoms with E-state index in [1.165, 1.54) is 7.11 Å². The Kier molecular flexibility index (Phi) is 2.86. The standard InChI is InChI=1S/C12H22N2O2/c1-9(2)13-5-10-6-14(11(15)16-4)8-12(10,3)7-13/h9-10H,5-8H2,1-4H3/t10?,12-/m0/s1. The zero-order chi connectivity index (χ0) is 11.9. The van der Waals surface area contributed by atoms with Crippen molar-refractivity contribution in [3.8, 4) is 0 Å². The molecular weight excluding hydrogens is 204 g/mol. The van der Waals surface area contributed by atoms with Gasteiger partial charge in [-0.25, -0.2) is 4.79 Å². The van der Waals surface area contributed by atoms with Crippen molar-refractivity contribution in [1.29, 1.82) is 0 Å². The number of ether oxygens (including phenoxy) is 1. The average molecular weight is 226 g/mol. The van der Waals surface area contributed by atoms with Gasteiger partial charge in [-0.2, -0.15) is 0 Å². The minimum atomic E-state index is -0.174. The number of nitrogens with zero attached hydrogens (tertiary/aromatic N) is 2. The van der Waals surface area contributed by atoms with E-state index < -0.39 is 0 Å². The second-order valence-electron chi connectivity index (χ2n) is 5.72. The van der Waals surface area contributed by atoms with E-state index in [4.69, 9.17) is 4.74 Å². The van der Waals surface area contributed by atoms with Crippen LogP contribution in [-0.4, -0.2) is 55.2 Å². The molecule has 2 fully saturated rings. The molecule has 0 radical (unpaired) electrons. The van der Waals surface area contributed by atoms with Crippen molar-refractivity contribution in [2.75, 3.05) is 33.3 Å². The third-order valence-corrected chi connectivity index (χ3v) is 4.16. The predicted molar refractivity (Wildman–Crippen MR) is 62.3 cm³/mol. The Morgan fingerprint density at radius 2 is 2.06 bits per heavy atom. The van der Waals surface area contributed by atoms with Gasteiger partial charge in [0.05, 0.1) is 7.11 Å². The van der Waals surface area contributed by atoms with Crippen molar-refractivity contribution in [2.24, 2.45) is 11.3 Å². The maximum Gasteiger partial charge on any atom is 0.409 e. The van der Waals surface area contributed by atoms with Crippen LogP contribution in [-0.2, 0) is 4.74 Å². The number of methoxy groups -OCH3 is 1. The van der Waals surface area contributed by atoms with Gasteiger partial charge in [-0.1, -0.05) is 6.92 Å². The lowest BCUT2D eigenvalue weighted by Crippen LogP contribution is -2.37. The normalized spacial score (nSPS) is 34.6. The quantitative estimate of drug-likeness (QED) is 0.678. The molecule has 0 aromatic heterocycles. The van der Waals surface area contributed by atoms with Crippen LogP contribution in [0.5, 0.6) is 0 Å². The van der Waals surface area contributed by atoms with Gasteiger partial charge in [0.15, 0.2) is 0 Å². The summed E-state index contributed by atoms with van der Waals surface area (Å²) in [7, 11) is 1.46. The Labute approximate surface area is 97.5 Å². The summed E-state index contributed by atoms with van der Waals surface area (Å²) < 4.78 is 4.79. The second-order valence-corrected chi connectivity index (χ2v) is 5.72. The smallest absolute Gasteiger partial charge is 0.409 e. The van der Waals surface area contributed by atoms with Gasteiger partial charge in [-0.05, 0) is 19.8 Å². The van der Waals surface area contributed by atoms with E-state index in [1.807, 2.05) is 4.90 Å². The van der Waals surface area contributed by atoms with Gasteiger partial charge in [-0.3, -0.25) is 4.90 Å². The molecule has 2 saturated heterocycles. The molecule has 2 atom stereocenters. The SMILES string of the molecule is COC(=O)N1CC2CN(C(C)C)C[C@@]2(C)C1. The molecule has 4 heteroatoms. The molecule has 0 aliphatic carbocycles. The number of fused-ring (bicyclic) bond motifs is 1. The van der Waals surface area contributed by atoms with E-state index in [0.29, 0.717) is 12.0 Å². The minimum absolute atomic E-state index is 0.174. The summed E-state index contributed by atoms with van der Waals surface area (Å²) in [4.78, 5) is 15.9. The number of likely N-dealkylation sites (tertiary alicyclic amines) is 2. The lowest BCUT2D eigenvalue weighted by Gasteiger charge is -2.26. The number of hydrogen-bond donors (Lipinski definition) is 0. The van der Waals surface area contributed by atoms with Gasteiger partial charge in [0.25, 0.3) is 0 Å². The summed E-state index contributed by atoms with van der Waals surface area (Å²) in [5.74, 6) is 0.606. The Morgan fingerprint density at radius 1 is 1.38 bits per heavy atom. The number of carbonyl (C=O) groups is 1. The first-order valence-electron chi connectivity index (χ1n) is 6.03. The topological polar surface area (TPSA) is 32.8 Å². The summed E-state index contributed by atoms with van der Waals surface area (Å²) >= 11 is 0. The molecule has 0 N–H and O–H groups in total. The fourth-order valence-electron chi connectivity index (χ4n) is 3.05. The van der Waals surface area contributed by atoms with Crippen molar-refractivity contribution in [3.63, 3.8) is 0 Å². The fraction of sp³-hybridized carbons (Fsp3) is 0.917. The van der Waals surface area contributed by atoms with Crippen LogP contribution in [0.3, 0.4) is 0 Å². The van der Waals surface area contributed by atoms with Crippen LogP contribution in [0.1, 0.15) is 20.8 Å². The van der Waals surface area contributed by atoms with Gasteiger partial charge in [-0.15, -0.1) is 0 Å². The first kappa shape index (κ1) is 11.7. The molecule has 2 heterocycles. The van der Waals surface area contributed by atoms with Crippen molar-refractivity contribution < 1.29 is 9.53 Å². The number of carbonyl (C=O) groups excluding carboxylic acids is 1. The lowest BCUT2D eigenvalue weighted by molar-refractivity contribution is 0.122. The van der Waals surface area contributed by atoms with Crippen LogP contribution in [0.15, 0.2) is 0 Å². The zero-order valence-electron chi connectivity index (χ0n) is 10.7. The lowest BCUT2D eigenvalue weighted by atomic mass is 9.83. The maximum atomic E-state index is 11.5. The Bertz CT molecular complexity index is 293. The third-order valence-electron chi connectivity index (χ3n) is 4.16. The third kappa shape index (κ3) is 1.79. The van der Waals surface area contributed by atoms with Crippen LogP contribution < -0.4 is 0 Å². The molecule has 0 saturated carbocycles. The molecule has 16 heavy (non-hydrogen) atoms. The first-order valence-corrected chi connectivity index (χ1v) is 6.03. The zero-order valence-corrected chi connectivity index (χ0v) is 10.7. The molecule has 1 amide bonds. The van der Waals surface area contributed by atoms with Crippen molar-refractivity contribution in [2.45, 2.75) is 26.8 Å². The van der Waals surface area contributed by atoms with Gasteiger partial charge >= 0.3 is 6.09 Å². The molecule has 2 rings (SSSR count). The summed E-state index contributed by atoms with van der Waals surface area (Å²) in [6.45, 7) is 10.7. The number of hydrogen-bond acceptors (Lipinski definition) is 3. The monoisotopic (exact) mass is 226 g/mol. The molecule has 0 spiro atoms. The van der Waals surface area contributed by atoms with E-state index in [9.17, 15) is 4.79 Å². The highest BCUT2D eigenvalue weighted by Gasteiger charge is 2.50. The van der Waals surface area contributed by atoms with E-state index in [0.717, 1.165) is 26.2 Å². The molecule has 0 bridgehead atoms. The first-order chi connectivity index (χ1) is 7.46. The van der Waals surface area contributed by atoms with Gasteiger partial charge in [0.1, 0.15) is 0 Å². The maximum absolute atomic E-state index is 11.5. The molecule has 0 aromatic carbocycles. The van der Waals surface area contributed by atoms with E-state index in [1.54, 1.807) is 0 Å². The Morgan fingerprint density at radius 3 is 2.56 bits per heavy atom. The van der Waals surface area contributed by atoms with Gasteiger partial charge in [0, 0.05) is 37.6 Å². The van der Waals surface area contributed by atoms with E-state index in [2.05, 4.69) is 25.7 Å². The molecule has 0 aromatic rings. The van der Waals surface area contributed by atoms with Gasteiger partial charge < -0.3 is 9.64 Å². The fourth-order valence-corrected chi connectivity index (χ4v) is 3.05. The predicted octanol–water partition coefficient (Wildman–Crippen LogP) is 1.41. The highest BCUT2D eigenvalue weighted by Crippen LogP contribution is 2.42. The van der Waals surface area contributed by atoms with Crippen molar-refractivity contribution in [3.05, 3.63) is 0 Å². The molecule has 92 valence electrons. The number of rotatable bonds is 1. The molecule has 4 nitrogen and oxygen atoms in total. The van der Waals surface area contributed by atoms with Crippen LogP contribution in [0.2, 0.25) is 0 Å². The summed E-state index contributed by atoms with van der Waals surface area (Å²) in [6.07, 6.45) is -0.174. The summed E-state index contributed by atoms with van der Waals surface area (Å²) in [5, 5.41) is 0. The summed E-state index contributed by atoms with van der Waals surface area (Å²) in [5.41, 5.74) is 0.262. The Hall–Kier alpha value is -0.770. The molecule has 1 unspecified atom stereocenters. The van der Waals surface area contributed by atoms with Crippen LogP contribution in [0.4, 0.5) is 4.79 Å². The van der Waals surface area contributed by atoms with Crippen molar-refractivity contribution >= 4 is 6.09 Å². The van der Waals surface area contributed by atoms with Crippen LogP contribution in [0.25, 0.3) is 0 Å². The molecule has 2 aliphatic rings. The van der Waals surface area contributed by atoms with E-state index >= 15 is 0 Å². The second kappa shape index (κ2) is 3.91. The van der Waals surface area contributed by atoms with E-state index in [-0.39, 0.29) is 11.5 Å². The summed E-state index contributed by atoms with van der Waals surface area (Å²) in [6, 6.07) is 0.606. The van der Waals surface area contributed by atoms with Crippen LogP contribution in [0, 0.1) is 11.3 Å². The highest BCUT2D eigenvalue weighted by atomic mass is 16.5. The van der Waals surface area contributed by atoms with Crippen molar-refractivity contribution in [1.82, 2.24) is 9.80 Å². The average Bonchev–Trinajstić information content (AvgIpc) is 2.68. The van der Waals surface area contributed by atoms with Gasteiger partial charge in [0.2, 0.25) is 0 Å². The molecule has 2 aliphatic heterocycles. The van der Waals surface area contributed by atoms with Crippen LogP contribution >= 0.6 is 0 Å². The highest BCUT2D eigenvalue weighted by molar-refractivity contribution is 5.68.